The summed E-state index contributed by atoms with van der Waals surface area (Å²) in [5.41, 5.74) is 6.76. The minimum Gasteiger partial charge on any atom is -0.396 e. The number of thiophene rings is 1. The Labute approximate surface area is 124 Å². The number of hydrogen-bond acceptors (Lipinski definition) is 5. The van der Waals surface area contributed by atoms with Crippen molar-refractivity contribution in [3.8, 4) is 6.07 Å². The number of nitrogens with zero attached hydrogens (tertiary/aromatic N) is 1. The fraction of sp³-hybridized carbons (Fsp3) is 0.600. The highest BCUT2D eigenvalue weighted by molar-refractivity contribution is 7.19. The monoisotopic (exact) mass is 291 g/mol. The highest BCUT2D eigenvalue weighted by atomic mass is 32.1. The number of rotatable bonds is 7. The number of nitriles is 1. The van der Waals surface area contributed by atoms with Gasteiger partial charge in [-0.05, 0) is 31.6 Å². The van der Waals surface area contributed by atoms with Crippen molar-refractivity contribution in [2.45, 2.75) is 39.5 Å². The molecular formula is C15H21N3OS. The maximum absolute atomic E-state index is 12.1. The molecule has 0 atom stereocenters. The summed E-state index contributed by atoms with van der Waals surface area (Å²) in [5, 5.41) is 13.2. The van der Waals surface area contributed by atoms with Crippen LogP contribution < -0.4 is 11.1 Å². The molecule has 1 aliphatic carbocycles. The second-order valence-electron chi connectivity index (χ2n) is 5.76. The molecular weight excluding hydrogens is 270 g/mol. The summed E-state index contributed by atoms with van der Waals surface area (Å²) in [4.78, 5) is 12.7. The predicted molar refractivity (Wildman–Crippen MR) is 83.1 cm³/mol. The van der Waals surface area contributed by atoms with Crippen LogP contribution in [0.5, 0.6) is 0 Å². The molecule has 4 nitrogen and oxygen atoms in total. The number of anilines is 2. The van der Waals surface area contributed by atoms with E-state index in [1.54, 1.807) is 0 Å². The molecule has 0 spiro atoms. The molecule has 108 valence electrons. The Bertz CT molecular complexity index is 538. The molecule has 0 radical (unpaired) electrons. The van der Waals surface area contributed by atoms with Crippen LogP contribution in [0.2, 0.25) is 0 Å². The smallest absolute Gasteiger partial charge is 0.178 e. The molecule has 0 unspecified atom stereocenters. The number of nitrogens with two attached hydrogens (primary N) is 1. The summed E-state index contributed by atoms with van der Waals surface area (Å²) in [7, 11) is 0. The molecule has 1 saturated carbocycles. The molecule has 2 rings (SSSR count). The van der Waals surface area contributed by atoms with E-state index in [9.17, 15) is 10.1 Å². The van der Waals surface area contributed by atoms with Crippen molar-refractivity contribution in [2.75, 3.05) is 17.6 Å². The zero-order valence-corrected chi connectivity index (χ0v) is 12.8. The van der Waals surface area contributed by atoms with Crippen LogP contribution in [0.3, 0.4) is 0 Å². The molecule has 0 saturated heterocycles. The van der Waals surface area contributed by atoms with Crippen LogP contribution in [0.4, 0.5) is 10.7 Å². The summed E-state index contributed by atoms with van der Waals surface area (Å²) in [6.45, 7) is 5.19. The normalized spacial score (nSPS) is 14.3. The minimum atomic E-state index is 0.110. The molecule has 1 aliphatic rings. The van der Waals surface area contributed by atoms with E-state index < -0.39 is 0 Å². The van der Waals surface area contributed by atoms with Crippen LogP contribution in [-0.2, 0) is 0 Å². The Balaban J connectivity index is 2.06. The highest BCUT2D eigenvalue weighted by Gasteiger charge is 2.34. The highest BCUT2D eigenvalue weighted by Crippen LogP contribution is 2.41. The van der Waals surface area contributed by atoms with Crippen molar-refractivity contribution in [2.24, 2.45) is 11.8 Å². The first kappa shape index (κ1) is 14.9. The lowest BCUT2D eigenvalue weighted by Gasteiger charge is -2.06. The average molecular weight is 291 g/mol. The molecule has 1 fully saturated rings. The quantitative estimate of drug-likeness (QED) is 0.593. The third kappa shape index (κ3) is 3.31. The van der Waals surface area contributed by atoms with Crippen molar-refractivity contribution >= 4 is 27.8 Å². The van der Waals surface area contributed by atoms with Gasteiger partial charge in [0.15, 0.2) is 5.78 Å². The van der Waals surface area contributed by atoms with Gasteiger partial charge in [0.05, 0.1) is 10.6 Å². The molecule has 1 aromatic heterocycles. The Kier molecular flexibility index (Phi) is 4.66. The third-order valence-electron chi connectivity index (χ3n) is 3.47. The van der Waals surface area contributed by atoms with E-state index in [4.69, 9.17) is 5.73 Å². The van der Waals surface area contributed by atoms with Crippen molar-refractivity contribution in [1.82, 2.24) is 0 Å². The summed E-state index contributed by atoms with van der Waals surface area (Å²) >= 11 is 1.34. The van der Waals surface area contributed by atoms with E-state index in [-0.39, 0.29) is 11.7 Å². The number of Topliss-reactive ketones (excluding diaryl/α,β-unsaturated/α-hetero) is 1. The van der Waals surface area contributed by atoms with Crippen LogP contribution in [0.25, 0.3) is 0 Å². The number of carbonyl (C=O) groups excluding carboxylic acids is 1. The Morgan fingerprint density at radius 1 is 1.55 bits per heavy atom. The van der Waals surface area contributed by atoms with Gasteiger partial charge in [-0.15, -0.1) is 11.3 Å². The lowest BCUT2D eigenvalue weighted by Crippen LogP contribution is -2.03. The van der Waals surface area contributed by atoms with Gasteiger partial charge in [-0.3, -0.25) is 4.79 Å². The SMILES string of the molecule is CC(C)CCCNc1sc(C(=O)C2CC2)c(N)c1C#N. The van der Waals surface area contributed by atoms with Crippen LogP contribution >= 0.6 is 11.3 Å². The fourth-order valence-corrected chi connectivity index (χ4v) is 3.22. The number of ketones is 1. The first-order valence-electron chi connectivity index (χ1n) is 7.15. The molecule has 0 amide bonds. The van der Waals surface area contributed by atoms with Gasteiger partial charge < -0.3 is 11.1 Å². The van der Waals surface area contributed by atoms with E-state index >= 15 is 0 Å². The maximum atomic E-state index is 12.1. The molecule has 5 heteroatoms. The molecule has 20 heavy (non-hydrogen) atoms. The van der Waals surface area contributed by atoms with Gasteiger partial charge in [-0.1, -0.05) is 13.8 Å². The molecule has 0 aliphatic heterocycles. The topological polar surface area (TPSA) is 78.9 Å². The van der Waals surface area contributed by atoms with Gasteiger partial charge in [-0.25, -0.2) is 0 Å². The molecule has 1 heterocycles. The Hall–Kier alpha value is -1.54. The summed E-state index contributed by atoms with van der Waals surface area (Å²) in [5.74, 6) is 0.920. The standard InChI is InChI=1S/C15H21N3OS/c1-9(2)4-3-7-18-15-11(8-16)12(17)14(20-15)13(19)10-5-6-10/h9-10,18H,3-7,17H2,1-2H3. The molecule has 0 bridgehead atoms. The van der Waals surface area contributed by atoms with Crippen LogP contribution in [0.1, 0.15) is 54.8 Å². The summed E-state index contributed by atoms with van der Waals surface area (Å²) in [6.07, 6.45) is 4.10. The Morgan fingerprint density at radius 3 is 2.80 bits per heavy atom. The first-order valence-corrected chi connectivity index (χ1v) is 7.96. The van der Waals surface area contributed by atoms with Gasteiger partial charge in [0.2, 0.25) is 0 Å². The van der Waals surface area contributed by atoms with Gasteiger partial charge in [0.25, 0.3) is 0 Å². The number of nitrogens with one attached hydrogen (secondary N) is 1. The predicted octanol–water partition coefficient (Wildman–Crippen LogP) is 3.64. The number of carbonyl (C=O) groups is 1. The summed E-state index contributed by atoms with van der Waals surface area (Å²) in [6, 6.07) is 2.12. The average Bonchev–Trinajstić information content (AvgIpc) is 3.19. The third-order valence-corrected chi connectivity index (χ3v) is 4.65. The number of hydrogen-bond donors (Lipinski definition) is 2. The molecule has 0 aromatic carbocycles. The fourth-order valence-electron chi connectivity index (χ4n) is 2.11. The number of nitrogen functional groups attached to an aromatic ring is 1. The first-order chi connectivity index (χ1) is 9.54. The lowest BCUT2D eigenvalue weighted by atomic mass is 10.1. The van der Waals surface area contributed by atoms with Crippen LogP contribution in [0.15, 0.2) is 0 Å². The lowest BCUT2D eigenvalue weighted by molar-refractivity contribution is 0.0972. The maximum Gasteiger partial charge on any atom is 0.178 e. The zero-order valence-electron chi connectivity index (χ0n) is 12.0. The van der Waals surface area contributed by atoms with Crippen LogP contribution in [0, 0.1) is 23.2 Å². The van der Waals surface area contributed by atoms with Gasteiger partial charge in [0.1, 0.15) is 16.6 Å². The van der Waals surface area contributed by atoms with Crippen molar-refractivity contribution in [3.05, 3.63) is 10.4 Å². The molecule has 1 aromatic rings. The van der Waals surface area contributed by atoms with Crippen molar-refractivity contribution in [1.29, 1.82) is 5.26 Å². The largest absolute Gasteiger partial charge is 0.396 e. The Morgan fingerprint density at radius 2 is 2.25 bits per heavy atom. The zero-order chi connectivity index (χ0) is 14.7. The van der Waals surface area contributed by atoms with E-state index in [2.05, 4.69) is 25.2 Å². The minimum absolute atomic E-state index is 0.110. The second-order valence-corrected chi connectivity index (χ2v) is 6.78. The molecule has 3 N–H and O–H groups in total. The van der Waals surface area contributed by atoms with Crippen molar-refractivity contribution in [3.63, 3.8) is 0 Å². The van der Waals surface area contributed by atoms with E-state index in [1.807, 2.05) is 0 Å². The van der Waals surface area contributed by atoms with Gasteiger partial charge in [-0.2, -0.15) is 5.26 Å². The van der Waals surface area contributed by atoms with Crippen molar-refractivity contribution < 1.29 is 4.79 Å². The van der Waals surface area contributed by atoms with E-state index in [0.29, 0.717) is 22.0 Å². The second kappa shape index (κ2) is 6.27. The summed E-state index contributed by atoms with van der Waals surface area (Å²) < 4.78 is 0. The van der Waals surface area contributed by atoms with Gasteiger partial charge >= 0.3 is 0 Å². The van der Waals surface area contributed by atoms with Gasteiger partial charge in [0, 0.05) is 12.5 Å². The van der Waals surface area contributed by atoms with E-state index in [1.165, 1.54) is 11.3 Å². The van der Waals surface area contributed by atoms with E-state index in [0.717, 1.165) is 37.2 Å². The van der Waals surface area contributed by atoms with Crippen LogP contribution in [-0.4, -0.2) is 12.3 Å².